The van der Waals surface area contributed by atoms with Gasteiger partial charge in [0.05, 0.1) is 11.9 Å². The topological polar surface area (TPSA) is 57.3 Å². The Morgan fingerprint density at radius 2 is 2.11 bits per heavy atom. The van der Waals surface area contributed by atoms with Crippen molar-refractivity contribution in [2.24, 2.45) is 0 Å². The Morgan fingerprint density at radius 1 is 1.42 bits per heavy atom. The Morgan fingerprint density at radius 3 is 2.58 bits per heavy atom. The molecule has 0 saturated carbocycles. The quantitative estimate of drug-likeness (QED) is 0.871. The van der Waals surface area contributed by atoms with Crippen LogP contribution in [-0.2, 0) is 0 Å². The van der Waals surface area contributed by atoms with Gasteiger partial charge in [0.15, 0.2) is 0 Å². The molecule has 0 atom stereocenters. The first-order valence-corrected chi connectivity index (χ1v) is 7.30. The lowest BCUT2D eigenvalue weighted by Gasteiger charge is -2.22. The fraction of sp³-hybridized carbons (Fsp3) is 0.538. The van der Waals surface area contributed by atoms with E-state index < -0.39 is 0 Å². The lowest BCUT2D eigenvalue weighted by molar-refractivity contribution is 0.251. The molecule has 1 rings (SSSR count). The van der Waals surface area contributed by atoms with E-state index in [4.69, 9.17) is 0 Å². The number of nitrogens with zero attached hydrogens (tertiary/aromatic N) is 2. The van der Waals surface area contributed by atoms with Crippen molar-refractivity contribution in [2.45, 2.75) is 18.6 Å². The highest BCUT2D eigenvalue weighted by Gasteiger charge is 2.16. The summed E-state index contributed by atoms with van der Waals surface area (Å²) >= 11 is 1.72. The molecule has 19 heavy (non-hydrogen) atoms. The molecule has 1 aromatic heterocycles. The number of nitrogens with one attached hydrogen (secondary N) is 2. The number of anilines is 2. The number of hydrogen-bond donors (Lipinski definition) is 2. The molecule has 0 spiro atoms. The molecule has 106 valence electrons. The summed E-state index contributed by atoms with van der Waals surface area (Å²) in [5, 5.41) is 5.62. The standard InChI is InChI=1S/C13H22N4OS/c1-13(2,19-5)9-15-12(18)16-10-6-7-11(14-8-10)17(3)4/h6-8H,9H2,1-5H3,(H2,15,16,18). The number of hydrogen-bond acceptors (Lipinski definition) is 4. The third kappa shape index (κ3) is 5.38. The van der Waals surface area contributed by atoms with E-state index in [-0.39, 0.29) is 10.8 Å². The van der Waals surface area contributed by atoms with Crippen LogP contribution in [0.3, 0.4) is 0 Å². The molecule has 0 aliphatic rings. The molecule has 1 aromatic rings. The number of aromatic nitrogens is 1. The van der Waals surface area contributed by atoms with Gasteiger partial charge in [-0.3, -0.25) is 0 Å². The second kappa shape index (κ2) is 6.65. The Hall–Kier alpha value is -1.43. The summed E-state index contributed by atoms with van der Waals surface area (Å²) in [6.45, 7) is 4.79. The van der Waals surface area contributed by atoms with Crippen LogP contribution in [0.2, 0.25) is 0 Å². The van der Waals surface area contributed by atoms with Gasteiger partial charge in [0.1, 0.15) is 5.82 Å². The monoisotopic (exact) mass is 282 g/mol. The third-order valence-electron chi connectivity index (χ3n) is 2.69. The zero-order valence-corrected chi connectivity index (χ0v) is 13.0. The van der Waals surface area contributed by atoms with Gasteiger partial charge in [-0.05, 0) is 32.2 Å². The van der Waals surface area contributed by atoms with Gasteiger partial charge in [-0.2, -0.15) is 11.8 Å². The van der Waals surface area contributed by atoms with Crippen LogP contribution in [0.1, 0.15) is 13.8 Å². The van der Waals surface area contributed by atoms with Gasteiger partial charge < -0.3 is 15.5 Å². The van der Waals surface area contributed by atoms with E-state index in [2.05, 4.69) is 29.5 Å². The summed E-state index contributed by atoms with van der Waals surface area (Å²) in [6.07, 6.45) is 3.68. The van der Waals surface area contributed by atoms with Crippen LogP contribution in [0.25, 0.3) is 0 Å². The zero-order chi connectivity index (χ0) is 14.5. The molecule has 0 saturated heterocycles. The van der Waals surface area contributed by atoms with Gasteiger partial charge in [0.25, 0.3) is 0 Å². The second-order valence-electron chi connectivity index (χ2n) is 5.07. The lowest BCUT2D eigenvalue weighted by Crippen LogP contribution is -2.38. The van der Waals surface area contributed by atoms with Gasteiger partial charge in [-0.25, -0.2) is 9.78 Å². The molecule has 0 aliphatic carbocycles. The molecular formula is C13H22N4OS. The van der Waals surface area contributed by atoms with Crippen molar-refractivity contribution in [3.8, 4) is 0 Å². The van der Waals surface area contributed by atoms with Crippen molar-refractivity contribution in [3.63, 3.8) is 0 Å². The predicted molar refractivity (Wildman–Crippen MR) is 83.2 cm³/mol. The van der Waals surface area contributed by atoms with E-state index in [1.165, 1.54) is 0 Å². The largest absolute Gasteiger partial charge is 0.363 e. The fourth-order valence-corrected chi connectivity index (χ4v) is 1.48. The summed E-state index contributed by atoms with van der Waals surface area (Å²) in [5.41, 5.74) is 0.685. The summed E-state index contributed by atoms with van der Waals surface area (Å²) in [4.78, 5) is 17.9. The molecule has 0 bridgehead atoms. The molecule has 0 aliphatic heterocycles. The van der Waals surface area contributed by atoms with Gasteiger partial charge in [0.2, 0.25) is 0 Å². The SMILES string of the molecule is CSC(C)(C)CNC(=O)Nc1ccc(N(C)C)nc1. The van der Waals surface area contributed by atoms with Gasteiger partial charge >= 0.3 is 6.03 Å². The van der Waals surface area contributed by atoms with Crippen molar-refractivity contribution in [3.05, 3.63) is 18.3 Å². The number of urea groups is 1. The highest BCUT2D eigenvalue weighted by Crippen LogP contribution is 2.19. The Balaban J connectivity index is 2.48. The molecule has 6 heteroatoms. The van der Waals surface area contributed by atoms with Crippen LogP contribution < -0.4 is 15.5 Å². The summed E-state index contributed by atoms with van der Waals surface area (Å²) in [6, 6.07) is 3.49. The van der Waals surface area contributed by atoms with Crippen molar-refractivity contribution in [1.82, 2.24) is 10.3 Å². The van der Waals surface area contributed by atoms with E-state index in [0.29, 0.717) is 12.2 Å². The molecule has 0 fully saturated rings. The molecular weight excluding hydrogens is 260 g/mol. The van der Waals surface area contributed by atoms with Crippen LogP contribution in [0, 0.1) is 0 Å². The first kappa shape index (κ1) is 15.6. The number of carbonyl (C=O) groups is 1. The minimum absolute atomic E-state index is 0.0321. The fourth-order valence-electron chi connectivity index (χ4n) is 1.27. The van der Waals surface area contributed by atoms with Gasteiger partial charge in [-0.15, -0.1) is 0 Å². The van der Waals surface area contributed by atoms with E-state index in [1.54, 1.807) is 18.0 Å². The number of carbonyl (C=O) groups excluding carboxylic acids is 1. The van der Waals surface area contributed by atoms with E-state index >= 15 is 0 Å². The normalized spacial score (nSPS) is 11.0. The zero-order valence-electron chi connectivity index (χ0n) is 12.2. The van der Waals surface area contributed by atoms with Crippen LogP contribution in [0.5, 0.6) is 0 Å². The molecule has 0 unspecified atom stereocenters. The number of thioether (sulfide) groups is 1. The average Bonchev–Trinajstić information content (AvgIpc) is 2.37. The third-order valence-corrected chi connectivity index (χ3v) is 3.94. The predicted octanol–water partition coefficient (Wildman–Crippen LogP) is 2.41. The maximum Gasteiger partial charge on any atom is 0.319 e. The number of rotatable bonds is 5. The lowest BCUT2D eigenvalue weighted by atomic mass is 10.2. The minimum atomic E-state index is -0.207. The first-order chi connectivity index (χ1) is 8.84. The van der Waals surface area contributed by atoms with Crippen molar-refractivity contribution in [1.29, 1.82) is 0 Å². The highest BCUT2D eigenvalue weighted by atomic mass is 32.2. The molecule has 0 radical (unpaired) electrons. The van der Waals surface area contributed by atoms with E-state index in [1.807, 2.05) is 37.4 Å². The minimum Gasteiger partial charge on any atom is -0.363 e. The van der Waals surface area contributed by atoms with Crippen LogP contribution >= 0.6 is 11.8 Å². The van der Waals surface area contributed by atoms with E-state index in [9.17, 15) is 4.79 Å². The van der Waals surface area contributed by atoms with Crippen molar-refractivity contribution < 1.29 is 4.79 Å². The Kier molecular flexibility index (Phi) is 5.47. The Labute approximate surface area is 119 Å². The maximum atomic E-state index is 11.7. The van der Waals surface area contributed by atoms with Crippen LogP contribution in [0.4, 0.5) is 16.3 Å². The van der Waals surface area contributed by atoms with E-state index in [0.717, 1.165) is 5.82 Å². The summed E-state index contributed by atoms with van der Waals surface area (Å²) < 4.78 is 0.0321. The van der Waals surface area contributed by atoms with Crippen molar-refractivity contribution >= 4 is 29.3 Å². The van der Waals surface area contributed by atoms with Gasteiger partial charge in [0, 0.05) is 25.4 Å². The summed E-state index contributed by atoms with van der Waals surface area (Å²) in [7, 11) is 3.85. The van der Waals surface area contributed by atoms with Crippen LogP contribution in [0.15, 0.2) is 18.3 Å². The molecule has 2 N–H and O–H groups in total. The Bertz CT molecular complexity index is 417. The number of amides is 2. The maximum absolute atomic E-state index is 11.7. The van der Waals surface area contributed by atoms with Crippen LogP contribution in [-0.4, -0.2) is 42.7 Å². The average molecular weight is 282 g/mol. The smallest absolute Gasteiger partial charge is 0.319 e. The van der Waals surface area contributed by atoms with Gasteiger partial charge in [-0.1, -0.05) is 0 Å². The molecule has 0 aromatic carbocycles. The van der Waals surface area contributed by atoms with Crippen molar-refractivity contribution in [2.75, 3.05) is 37.1 Å². The highest BCUT2D eigenvalue weighted by molar-refractivity contribution is 7.99. The number of pyridine rings is 1. The molecule has 2 amide bonds. The molecule has 1 heterocycles. The summed E-state index contributed by atoms with van der Waals surface area (Å²) in [5.74, 6) is 0.856. The molecule has 5 nitrogen and oxygen atoms in total. The first-order valence-electron chi connectivity index (χ1n) is 6.07. The second-order valence-corrected chi connectivity index (χ2v) is 6.58.